The first-order chi connectivity index (χ1) is 3.06. The lowest BCUT2D eigenvalue weighted by molar-refractivity contribution is -1.21. The van der Waals surface area contributed by atoms with Gasteiger partial charge < -0.3 is 5.21 Å². The second-order valence-corrected chi connectivity index (χ2v) is 1.14. The molecule has 0 aliphatic rings. The maximum atomic E-state index is 9.68. The van der Waals surface area contributed by atoms with Crippen LogP contribution in [0.5, 0.6) is 0 Å². The summed E-state index contributed by atoms with van der Waals surface area (Å²) >= 11 is 0. The number of nitrogens with zero attached hydrogens (tertiary/aromatic N) is 1. The molecule has 0 aliphatic heterocycles. The Balaban J connectivity index is 3.34. The van der Waals surface area contributed by atoms with Gasteiger partial charge in [-0.1, -0.05) is 11.6 Å². The summed E-state index contributed by atoms with van der Waals surface area (Å²) in [5.41, 5.74) is 0. The molecule has 0 bridgehead atoms. The Morgan fingerprint density at radius 1 is 1.71 bits per heavy atom. The van der Waals surface area contributed by atoms with Crippen molar-refractivity contribution in [1.29, 1.82) is 0 Å². The Labute approximate surface area is 41.0 Å². The molecule has 0 fully saturated rings. The molecule has 0 saturated carbocycles. The number of quaternary nitrogens is 1. The van der Waals surface area contributed by atoms with Crippen molar-refractivity contribution >= 4 is 0 Å². The van der Waals surface area contributed by atoms with Crippen LogP contribution in [0.1, 0.15) is 0 Å². The number of hydroxylamine groups is 3. The molecule has 4 heteroatoms. The van der Waals surface area contributed by atoms with Crippen LogP contribution in [0.3, 0.4) is 0 Å². The van der Waals surface area contributed by atoms with Crippen LogP contribution >= 0.6 is 0 Å². The summed E-state index contributed by atoms with van der Waals surface area (Å²) in [7, 11) is 0. The lowest BCUT2D eigenvalue weighted by Crippen LogP contribution is -2.33. The zero-order valence-electron chi connectivity index (χ0n) is 3.74. The molecule has 0 radical (unpaired) electrons. The molecule has 0 rings (SSSR count). The largest absolute Gasteiger partial charge is 0.564 e. The van der Waals surface area contributed by atoms with Gasteiger partial charge >= 0.3 is 0 Å². The van der Waals surface area contributed by atoms with E-state index >= 15 is 0 Å². The molecule has 4 nitrogen and oxygen atoms in total. The molecule has 0 saturated heterocycles. The van der Waals surface area contributed by atoms with Crippen molar-refractivity contribution in [3.8, 4) is 0 Å². The molecule has 42 valence electrons. The fraction of sp³-hybridized carbons (Fsp3) is 0.333. The van der Waals surface area contributed by atoms with Gasteiger partial charge in [-0.2, -0.15) is 10.4 Å². The maximum absolute atomic E-state index is 9.68. The molecule has 0 aromatic carbocycles. The average Bonchev–Trinajstić information content (AvgIpc) is 1.30. The molecule has 0 unspecified atom stereocenters. The smallest absolute Gasteiger partial charge is 0.160 e. The van der Waals surface area contributed by atoms with Gasteiger partial charge in [0.1, 0.15) is 0 Å². The molecule has 0 aliphatic carbocycles. The number of rotatable bonds is 2. The summed E-state index contributed by atoms with van der Waals surface area (Å²) in [5, 5.41) is 25.4. The predicted octanol–water partition coefficient (Wildman–Crippen LogP) is 0.265. The molecular formula is C3H7NO3. The van der Waals surface area contributed by atoms with E-state index in [4.69, 9.17) is 10.4 Å². The third kappa shape index (κ3) is 5.58. The van der Waals surface area contributed by atoms with Crippen molar-refractivity contribution in [3.05, 3.63) is 17.9 Å². The third-order valence-electron chi connectivity index (χ3n) is 0.367. The Bertz CT molecular complexity index is 65.1. The van der Waals surface area contributed by atoms with Crippen molar-refractivity contribution in [2.75, 3.05) is 6.54 Å². The fourth-order valence-corrected chi connectivity index (χ4v) is 0.168. The highest BCUT2D eigenvalue weighted by Crippen LogP contribution is 1.87. The summed E-state index contributed by atoms with van der Waals surface area (Å²) in [6.45, 7) is 2.71. The van der Waals surface area contributed by atoms with E-state index in [1.165, 1.54) is 0 Å². The van der Waals surface area contributed by atoms with Gasteiger partial charge in [0.05, 0.1) is 0 Å². The van der Waals surface area contributed by atoms with Crippen molar-refractivity contribution in [2.45, 2.75) is 0 Å². The maximum Gasteiger partial charge on any atom is 0.160 e. The van der Waals surface area contributed by atoms with Crippen molar-refractivity contribution in [2.24, 2.45) is 0 Å². The van der Waals surface area contributed by atoms with E-state index in [1.54, 1.807) is 0 Å². The summed E-state index contributed by atoms with van der Waals surface area (Å²) in [6.07, 6.45) is 1.12. The molecular weight excluding hydrogens is 98.0 g/mol. The predicted molar refractivity (Wildman–Crippen MR) is 22.3 cm³/mol. The third-order valence-corrected chi connectivity index (χ3v) is 0.367. The topological polar surface area (TPSA) is 63.5 Å². The summed E-state index contributed by atoms with van der Waals surface area (Å²) in [5.74, 6) is 0. The summed E-state index contributed by atoms with van der Waals surface area (Å²) in [4.78, 5) is -2.27. The lowest BCUT2D eigenvalue weighted by Gasteiger charge is -2.21. The molecule has 0 atom stereocenters. The van der Waals surface area contributed by atoms with Gasteiger partial charge in [0.15, 0.2) is 6.54 Å². The number of hydrogen-bond donors (Lipinski definition) is 2. The second-order valence-electron chi connectivity index (χ2n) is 1.14. The van der Waals surface area contributed by atoms with Crippen LogP contribution in [0.25, 0.3) is 0 Å². The molecule has 2 N–H and O–H groups in total. The van der Waals surface area contributed by atoms with E-state index in [9.17, 15) is 5.21 Å². The van der Waals surface area contributed by atoms with Gasteiger partial charge in [-0.25, -0.2) is 0 Å². The molecule has 0 aromatic rings. The average molecular weight is 105 g/mol. The Morgan fingerprint density at radius 2 is 2.14 bits per heavy atom. The van der Waals surface area contributed by atoms with Gasteiger partial charge in [-0.15, -0.1) is 0 Å². The summed E-state index contributed by atoms with van der Waals surface area (Å²) in [6, 6.07) is 0. The van der Waals surface area contributed by atoms with Gasteiger partial charge in [0.25, 0.3) is 0 Å². The van der Waals surface area contributed by atoms with Crippen LogP contribution in [0.2, 0.25) is 0 Å². The van der Waals surface area contributed by atoms with Crippen molar-refractivity contribution in [1.82, 2.24) is 0 Å². The first kappa shape index (κ1) is 6.58. The lowest BCUT2D eigenvalue weighted by atomic mass is 10.6. The van der Waals surface area contributed by atoms with Crippen LogP contribution in [0.15, 0.2) is 12.7 Å². The van der Waals surface area contributed by atoms with Crippen molar-refractivity contribution < 1.29 is 15.4 Å². The molecule has 0 amide bonds. The molecule has 7 heavy (non-hydrogen) atoms. The number of hydrogen-bond acceptors (Lipinski definition) is 3. The van der Waals surface area contributed by atoms with Gasteiger partial charge in [0, 0.05) is 0 Å². The highest BCUT2D eigenvalue weighted by Gasteiger charge is 2.01. The molecule has 0 spiro atoms. The Kier molecular flexibility index (Phi) is 1.91. The Hall–Kier alpha value is -0.420. The zero-order chi connectivity index (χ0) is 5.91. The molecule has 0 heterocycles. The summed E-state index contributed by atoms with van der Waals surface area (Å²) < 4.78 is 0. The minimum absolute atomic E-state index is 0.403. The van der Waals surface area contributed by atoms with Crippen LogP contribution in [0, 0.1) is 5.21 Å². The van der Waals surface area contributed by atoms with E-state index in [2.05, 4.69) is 6.58 Å². The first-order valence-electron chi connectivity index (χ1n) is 1.72. The zero-order valence-corrected chi connectivity index (χ0v) is 3.74. The second kappa shape index (κ2) is 2.04. The van der Waals surface area contributed by atoms with Crippen LogP contribution in [-0.2, 0) is 0 Å². The quantitative estimate of drug-likeness (QED) is 0.301. The Morgan fingerprint density at radius 3 is 2.14 bits per heavy atom. The molecule has 0 aromatic heterocycles. The first-order valence-corrected chi connectivity index (χ1v) is 1.72. The normalized spacial score (nSPS) is 11.3. The fourth-order valence-electron chi connectivity index (χ4n) is 0.168. The van der Waals surface area contributed by atoms with Crippen LogP contribution in [-0.4, -0.2) is 21.9 Å². The monoisotopic (exact) mass is 105 g/mol. The van der Waals surface area contributed by atoms with E-state index in [1.807, 2.05) is 0 Å². The van der Waals surface area contributed by atoms with E-state index < -0.39 is 11.5 Å². The van der Waals surface area contributed by atoms with Gasteiger partial charge in [-0.3, -0.25) is 0 Å². The van der Waals surface area contributed by atoms with Crippen LogP contribution in [0.4, 0.5) is 0 Å². The van der Waals surface area contributed by atoms with Gasteiger partial charge in [0.2, 0.25) is 0 Å². The van der Waals surface area contributed by atoms with E-state index in [0.717, 1.165) is 6.08 Å². The minimum atomic E-state index is -2.27. The van der Waals surface area contributed by atoms with Gasteiger partial charge in [-0.05, 0) is 6.08 Å². The SMILES string of the molecule is C=CC[N+]([O-])(O)O. The van der Waals surface area contributed by atoms with Crippen LogP contribution < -0.4 is 0 Å². The van der Waals surface area contributed by atoms with E-state index in [-0.39, 0.29) is 0 Å². The van der Waals surface area contributed by atoms with Crippen molar-refractivity contribution in [3.63, 3.8) is 0 Å². The highest BCUT2D eigenvalue weighted by molar-refractivity contribution is 4.62. The standard InChI is InChI=1S/C3H7NO3/c1-2-3-4(5,6)7/h2,5-6H,1,3H2. The highest BCUT2D eigenvalue weighted by atomic mass is 17.1. The minimum Gasteiger partial charge on any atom is -0.564 e. The van der Waals surface area contributed by atoms with E-state index in [0.29, 0.717) is 0 Å².